The van der Waals surface area contributed by atoms with E-state index in [2.05, 4.69) is 32.9 Å². The fourth-order valence-corrected chi connectivity index (χ4v) is 2.70. The molecule has 1 aromatic rings. The van der Waals surface area contributed by atoms with E-state index < -0.39 is 0 Å². The van der Waals surface area contributed by atoms with Crippen LogP contribution in [0.4, 0.5) is 5.82 Å². The molecule has 0 aromatic carbocycles. The molecule has 0 atom stereocenters. The molecule has 0 N–H and O–H groups in total. The average molecular weight is 246 g/mol. The quantitative estimate of drug-likeness (QED) is 0.810. The van der Waals surface area contributed by atoms with Crippen LogP contribution in [0.3, 0.4) is 0 Å². The maximum atomic E-state index is 4.44. The third-order valence-corrected chi connectivity index (χ3v) is 4.26. The van der Waals surface area contributed by atoms with Gasteiger partial charge in [-0.3, -0.25) is 0 Å². The monoisotopic (exact) mass is 246 g/mol. The molecule has 1 saturated heterocycles. The van der Waals surface area contributed by atoms with E-state index in [-0.39, 0.29) is 0 Å². The predicted molar refractivity (Wildman–Crippen MR) is 72.8 cm³/mol. The SMILES string of the molecule is CN1CCN(c2cc(CC3CCC3)ncn2)CC1. The second-order valence-electron chi connectivity index (χ2n) is 5.66. The van der Waals surface area contributed by atoms with E-state index in [1.165, 1.54) is 25.0 Å². The van der Waals surface area contributed by atoms with Crippen LogP contribution in [0, 0.1) is 5.92 Å². The zero-order valence-electron chi connectivity index (χ0n) is 11.2. The fourth-order valence-electron chi connectivity index (χ4n) is 2.70. The van der Waals surface area contributed by atoms with E-state index in [1.54, 1.807) is 6.33 Å². The van der Waals surface area contributed by atoms with Gasteiger partial charge in [0.25, 0.3) is 0 Å². The molecule has 4 nitrogen and oxygen atoms in total. The van der Waals surface area contributed by atoms with Gasteiger partial charge in [0.15, 0.2) is 0 Å². The average Bonchev–Trinajstić information content (AvgIpc) is 2.35. The Bertz CT molecular complexity index is 395. The summed E-state index contributed by atoms with van der Waals surface area (Å²) in [7, 11) is 2.18. The van der Waals surface area contributed by atoms with Crippen LogP contribution in [0.15, 0.2) is 12.4 Å². The van der Waals surface area contributed by atoms with Crippen molar-refractivity contribution in [3.8, 4) is 0 Å². The van der Waals surface area contributed by atoms with Gasteiger partial charge in [-0.2, -0.15) is 0 Å². The molecule has 2 heterocycles. The van der Waals surface area contributed by atoms with Crippen molar-refractivity contribution in [2.24, 2.45) is 5.92 Å². The fraction of sp³-hybridized carbons (Fsp3) is 0.714. The van der Waals surface area contributed by atoms with Gasteiger partial charge in [-0.15, -0.1) is 0 Å². The van der Waals surface area contributed by atoms with Crippen molar-refractivity contribution in [3.05, 3.63) is 18.1 Å². The molecule has 1 saturated carbocycles. The topological polar surface area (TPSA) is 32.3 Å². The van der Waals surface area contributed by atoms with Gasteiger partial charge < -0.3 is 9.80 Å². The number of aromatic nitrogens is 2. The number of rotatable bonds is 3. The normalized spacial score (nSPS) is 21.9. The summed E-state index contributed by atoms with van der Waals surface area (Å²) in [4.78, 5) is 13.6. The molecule has 4 heteroatoms. The first-order valence-corrected chi connectivity index (χ1v) is 7.05. The molecule has 0 bridgehead atoms. The number of hydrogen-bond donors (Lipinski definition) is 0. The highest BCUT2D eigenvalue weighted by molar-refractivity contribution is 5.39. The van der Waals surface area contributed by atoms with Crippen molar-refractivity contribution in [2.75, 3.05) is 38.1 Å². The van der Waals surface area contributed by atoms with Crippen molar-refractivity contribution in [2.45, 2.75) is 25.7 Å². The molecule has 18 heavy (non-hydrogen) atoms. The lowest BCUT2D eigenvalue weighted by atomic mass is 9.82. The van der Waals surface area contributed by atoms with E-state index in [9.17, 15) is 0 Å². The zero-order chi connectivity index (χ0) is 12.4. The highest BCUT2D eigenvalue weighted by atomic mass is 15.3. The predicted octanol–water partition coefficient (Wildman–Crippen LogP) is 1.57. The van der Waals surface area contributed by atoms with Gasteiger partial charge in [0, 0.05) is 37.9 Å². The van der Waals surface area contributed by atoms with Crippen LogP contribution in [0.1, 0.15) is 25.0 Å². The van der Waals surface area contributed by atoms with E-state index >= 15 is 0 Å². The van der Waals surface area contributed by atoms with Gasteiger partial charge in [0.05, 0.1) is 0 Å². The highest BCUT2D eigenvalue weighted by Crippen LogP contribution is 2.29. The first-order valence-electron chi connectivity index (χ1n) is 7.05. The zero-order valence-corrected chi connectivity index (χ0v) is 11.2. The first-order chi connectivity index (χ1) is 8.81. The standard InChI is InChI=1S/C14H22N4/c1-17-5-7-18(8-6-17)14-10-13(15-11-16-14)9-12-3-2-4-12/h10-12H,2-9H2,1H3. The number of nitrogens with zero attached hydrogens (tertiary/aromatic N) is 4. The van der Waals surface area contributed by atoms with Gasteiger partial charge >= 0.3 is 0 Å². The molecular weight excluding hydrogens is 224 g/mol. The Balaban J connectivity index is 1.66. The minimum Gasteiger partial charge on any atom is -0.354 e. The van der Waals surface area contributed by atoms with Crippen molar-refractivity contribution in [1.82, 2.24) is 14.9 Å². The molecule has 2 aliphatic rings. The minimum absolute atomic E-state index is 0.875. The van der Waals surface area contributed by atoms with E-state index in [0.29, 0.717) is 0 Å². The third kappa shape index (κ3) is 2.64. The number of anilines is 1. The maximum Gasteiger partial charge on any atom is 0.132 e. The van der Waals surface area contributed by atoms with Crippen LogP contribution >= 0.6 is 0 Å². The molecule has 2 fully saturated rings. The van der Waals surface area contributed by atoms with Gasteiger partial charge in [0.2, 0.25) is 0 Å². The molecule has 0 spiro atoms. The lowest BCUT2D eigenvalue weighted by Gasteiger charge is -2.33. The van der Waals surface area contributed by atoms with Gasteiger partial charge in [0.1, 0.15) is 12.1 Å². The Labute approximate surface area is 109 Å². The molecule has 0 amide bonds. The highest BCUT2D eigenvalue weighted by Gasteiger charge is 2.20. The van der Waals surface area contributed by atoms with Crippen LogP contribution in [0.2, 0.25) is 0 Å². The van der Waals surface area contributed by atoms with Crippen molar-refractivity contribution < 1.29 is 0 Å². The largest absolute Gasteiger partial charge is 0.354 e. The van der Waals surface area contributed by atoms with Crippen LogP contribution in [-0.2, 0) is 6.42 Å². The van der Waals surface area contributed by atoms with E-state index in [4.69, 9.17) is 0 Å². The Hall–Kier alpha value is -1.16. The van der Waals surface area contributed by atoms with E-state index in [1.807, 2.05) is 0 Å². The molecule has 1 aliphatic heterocycles. The van der Waals surface area contributed by atoms with Crippen LogP contribution in [0.5, 0.6) is 0 Å². The Morgan fingerprint density at radius 2 is 1.94 bits per heavy atom. The summed E-state index contributed by atoms with van der Waals surface area (Å²) in [5.41, 5.74) is 1.23. The smallest absolute Gasteiger partial charge is 0.132 e. The summed E-state index contributed by atoms with van der Waals surface area (Å²) in [6.45, 7) is 4.41. The lowest BCUT2D eigenvalue weighted by Crippen LogP contribution is -2.44. The van der Waals surface area contributed by atoms with Gasteiger partial charge in [-0.05, 0) is 19.4 Å². The first kappa shape index (κ1) is 11.9. The second kappa shape index (κ2) is 5.22. The van der Waals surface area contributed by atoms with Crippen LogP contribution in [0.25, 0.3) is 0 Å². The summed E-state index contributed by atoms with van der Waals surface area (Å²) in [5.74, 6) is 1.99. The van der Waals surface area contributed by atoms with Crippen molar-refractivity contribution >= 4 is 5.82 Å². The number of likely N-dealkylation sites (N-methyl/N-ethyl adjacent to an activating group) is 1. The molecule has 98 valence electrons. The maximum absolute atomic E-state index is 4.44. The van der Waals surface area contributed by atoms with Crippen molar-refractivity contribution in [3.63, 3.8) is 0 Å². The van der Waals surface area contributed by atoms with E-state index in [0.717, 1.165) is 44.3 Å². The number of hydrogen-bond acceptors (Lipinski definition) is 4. The third-order valence-electron chi connectivity index (χ3n) is 4.26. The lowest BCUT2D eigenvalue weighted by molar-refractivity contribution is 0.309. The Morgan fingerprint density at radius 1 is 1.17 bits per heavy atom. The van der Waals surface area contributed by atoms with Crippen molar-refractivity contribution in [1.29, 1.82) is 0 Å². The molecule has 1 aliphatic carbocycles. The van der Waals surface area contributed by atoms with Gasteiger partial charge in [-0.1, -0.05) is 19.3 Å². The van der Waals surface area contributed by atoms with Gasteiger partial charge in [-0.25, -0.2) is 9.97 Å². The molecule has 0 unspecified atom stereocenters. The molecule has 1 aromatic heterocycles. The van der Waals surface area contributed by atoms with Crippen LogP contribution in [-0.4, -0.2) is 48.1 Å². The molecular formula is C14H22N4. The Kier molecular flexibility index (Phi) is 3.46. The number of piperazine rings is 1. The molecule has 3 rings (SSSR count). The summed E-state index contributed by atoms with van der Waals surface area (Å²) >= 11 is 0. The molecule has 0 radical (unpaired) electrons. The second-order valence-corrected chi connectivity index (χ2v) is 5.66. The minimum atomic E-state index is 0.875. The summed E-state index contributed by atoms with van der Waals surface area (Å²) in [6.07, 6.45) is 7.05. The summed E-state index contributed by atoms with van der Waals surface area (Å²) in [5, 5.41) is 0. The Morgan fingerprint density at radius 3 is 2.61 bits per heavy atom. The summed E-state index contributed by atoms with van der Waals surface area (Å²) in [6, 6.07) is 2.20. The van der Waals surface area contributed by atoms with Crippen LogP contribution < -0.4 is 4.90 Å². The summed E-state index contributed by atoms with van der Waals surface area (Å²) < 4.78 is 0.